The van der Waals surface area contributed by atoms with Gasteiger partial charge in [-0.1, -0.05) is 48.9 Å². The molecule has 3 aliphatic rings. The number of anilines is 2. The average Bonchev–Trinajstić information content (AvgIpc) is 3.05. The second-order valence-corrected chi connectivity index (χ2v) is 8.89. The molecule has 0 fully saturated rings. The Balaban J connectivity index is 1.89. The zero-order valence-corrected chi connectivity index (χ0v) is 19.0. The lowest BCUT2D eigenvalue weighted by Crippen LogP contribution is -2.52. The highest BCUT2D eigenvalue weighted by Gasteiger charge is 2.62. The molecule has 166 valence electrons. The molecule has 2 N–H and O–H groups in total. The lowest BCUT2D eigenvalue weighted by molar-refractivity contribution is -0.124. The van der Waals surface area contributed by atoms with Gasteiger partial charge in [-0.15, -0.1) is 0 Å². The molecule has 0 unspecified atom stereocenters. The number of carbonyl (C=O) groups is 2. The van der Waals surface area contributed by atoms with Crippen molar-refractivity contribution in [1.82, 2.24) is 0 Å². The number of fused-ring (bicyclic) bond motifs is 3. The number of nitriles is 1. The number of halogens is 1. The summed E-state index contributed by atoms with van der Waals surface area (Å²) in [7, 11) is 0. The van der Waals surface area contributed by atoms with Gasteiger partial charge in [0.15, 0.2) is 5.78 Å². The number of rotatable bonds is 3. The van der Waals surface area contributed by atoms with Gasteiger partial charge in [-0.05, 0) is 37.5 Å². The van der Waals surface area contributed by atoms with Crippen LogP contribution in [0.4, 0.5) is 11.4 Å². The van der Waals surface area contributed by atoms with Gasteiger partial charge in [-0.25, -0.2) is 0 Å². The number of benzene rings is 2. The molecular weight excluding hydrogens is 436 g/mol. The van der Waals surface area contributed by atoms with E-state index in [4.69, 9.17) is 17.3 Å². The zero-order valence-electron chi connectivity index (χ0n) is 18.3. The van der Waals surface area contributed by atoms with Crippen LogP contribution in [-0.4, -0.2) is 18.2 Å². The van der Waals surface area contributed by atoms with Crippen molar-refractivity contribution in [1.29, 1.82) is 5.26 Å². The van der Waals surface area contributed by atoms with E-state index in [0.717, 1.165) is 12.1 Å². The van der Waals surface area contributed by atoms with Crippen molar-refractivity contribution in [3.63, 3.8) is 0 Å². The molecule has 0 saturated heterocycles. The summed E-state index contributed by atoms with van der Waals surface area (Å²) in [6.07, 6.45) is 2.25. The van der Waals surface area contributed by atoms with Crippen molar-refractivity contribution in [2.45, 2.75) is 38.0 Å². The molecule has 0 radical (unpaired) electrons. The summed E-state index contributed by atoms with van der Waals surface area (Å²) in [6.45, 7) is 2.48. The van der Waals surface area contributed by atoms with Crippen LogP contribution in [0.25, 0.3) is 0 Å². The third kappa shape index (κ3) is 2.72. The third-order valence-corrected chi connectivity index (χ3v) is 7.04. The van der Waals surface area contributed by atoms with Crippen LogP contribution in [0, 0.1) is 11.3 Å². The summed E-state index contributed by atoms with van der Waals surface area (Å²) in [5, 5.41) is 10.9. The molecule has 33 heavy (non-hydrogen) atoms. The van der Waals surface area contributed by atoms with Gasteiger partial charge in [-0.2, -0.15) is 5.26 Å². The quantitative estimate of drug-likeness (QED) is 0.728. The van der Waals surface area contributed by atoms with Crippen molar-refractivity contribution in [3.8, 4) is 6.07 Å². The number of nitrogens with zero attached hydrogens (tertiary/aromatic N) is 3. The molecule has 0 saturated carbocycles. The van der Waals surface area contributed by atoms with Gasteiger partial charge in [0.2, 0.25) is 5.91 Å². The number of amides is 1. The van der Waals surface area contributed by atoms with Crippen LogP contribution in [0.15, 0.2) is 71.2 Å². The van der Waals surface area contributed by atoms with Gasteiger partial charge in [0.25, 0.3) is 0 Å². The van der Waals surface area contributed by atoms with Crippen molar-refractivity contribution in [2.24, 2.45) is 5.73 Å². The highest BCUT2D eigenvalue weighted by molar-refractivity contribution is 6.33. The monoisotopic (exact) mass is 458 g/mol. The highest BCUT2D eigenvalue weighted by Crippen LogP contribution is 2.57. The first-order chi connectivity index (χ1) is 16.0. The van der Waals surface area contributed by atoms with Gasteiger partial charge in [-0.3, -0.25) is 14.5 Å². The number of carbonyl (C=O) groups excluding carboxylic acids is 2. The summed E-state index contributed by atoms with van der Waals surface area (Å²) in [5.41, 5.74) is 8.19. The smallest absolute Gasteiger partial charge is 0.247 e. The SMILES string of the molecule is CCCN1C(=O)[C@]2(C(C#N)=C(N)N(c3ccccc3Cl)C3=C2C(=O)CCC3)c2ccccc21. The molecular formula is C26H23ClN4O2. The molecule has 1 amide bonds. The molecule has 1 aliphatic carbocycles. The van der Waals surface area contributed by atoms with Crippen LogP contribution in [-0.2, 0) is 15.0 Å². The molecule has 2 heterocycles. The molecule has 0 aromatic heterocycles. The van der Waals surface area contributed by atoms with Gasteiger partial charge >= 0.3 is 0 Å². The maximum absolute atomic E-state index is 14.2. The molecule has 1 atom stereocenters. The zero-order chi connectivity index (χ0) is 23.3. The number of ketones is 1. The van der Waals surface area contributed by atoms with E-state index in [0.29, 0.717) is 53.4 Å². The largest absolute Gasteiger partial charge is 0.384 e. The van der Waals surface area contributed by atoms with E-state index < -0.39 is 5.41 Å². The maximum Gasteiger partial charge on any atom is 0.247 e. The number of hydrogen-bond donors (Lipinski definition) is 1. The summed E-state index contributed by atoms with van der Waals surface area (Å²) in [6, 6.07) is 16.8. The molecule has 0 bridgehead atoms. The third-order valence-electron chi connectivity index (χ3n) is 6.72. The van der Waals surface area contributed by atoms with Crippen LogP contribution >= 0.6 is 11.6 Å². The summed E-state index contributed by atoms with van der Waals surface area (Å²) in [5.74, 6) is -0.276. The topological polar surface area (TPSA) is 90.4 Å². The Hall–Kier alpha value is -3.56. The molecule has 1 spiro atoms. The van der Waals surface area contributed by atoms with E-state index in [1.807, 2.05) is 43.3 Å². The van der Waals surface area contributed by atoms with Crippen LogP contribution in [0.1, 0.15) is 38.2 Å². The fourth-order valence-corrected chi connectivity index (χ4v) is 5.70. The Labute approximate surface area is 197 Å². The number of nitrogens with two attached hydrogens (primary N) is 1. The van der Waals surface area contributed by atoms with Crippen LogP contribution < -0.4 is 15.5 Å². The Bertz CT molecular complexity index is 1310. The number of hydrogen-bond acceptors (Lipinski definition) is 5. The van der Waals surface area contributed by atoms with Gasteiger partial charge in [0, 0.05) is 35.5 Å². The van der Waals surface area contributed by atoms with E-state index in [2.05, 4.69) is 6.07 Å². The van der Waals surface area contributed by atoms with Crippen molar-refractivity contribution in [3.05, 3.63) is 81.8 Å². The van der Waals surface area contributed by atoms with Gasteiger partial charge < -0.3 is 10.6 Å². The highest BCUT2D eigenvalue weighted by atomic mass is 35.5. The van der Waals surface area contributed by atoms with Crippen molar-refractivity contribution in [2.75, 3.05) is 16.3 Å². The molecule has 2 aromatic carbocycles. The summed E-state index contributed by atoms with van der Waals surface area (Å²) >= 11 is 6.52. The lowest BCUT2D eigenvalue weighted by Gasteiger charge is -2.44. The predicted octanol–water partition coefficient (Wildman–Crippen LogP) is 4.56. The van der Waals surface area contributed by atoms with E-state index in [1.165, 1.54) is 0 Å². The molecule has 2 aliphatic heterocycles. The Morgan fingerprint density at radius 1 is 1.09 bits per heavy atom. The minimum atomic E-state index is -1.53. The molecule has 7 heteroatoms. The standard InChI is InChI=1S/C26H23ClN4O2/c1-2-14-30-19-10-5-3-8-16(19)26(25(30)33)17(15-28)24(29)31(20-11-6-4-9-18(20)27)21-12-7-13-22(32)23(21)26/h3-6,8-11H,2,7,12-14,29H2,1H3/t26-/m0/s1. The van der Waals surface area contributed by atoms with Crippen LogP contribution in [0.5, 0.6) is 0 Å². The van der Waals surface area contributed by atoms with Crippen LogP contribution in [0.3, 0.4) is 0 Å². The maximum atomic E-state index is 14.2. The lowest BCUT2D eigenvalue weighted by atomic mass is 9.64. The summed E-state index contributed by atoms with van der Waals surface area (Å²) < 4.78 is 0. The van der Waals surface area contributed by atoms with Crippen molar-refractivity contribution >= 4 is 34.7 Å². The fraction of sp³-hybridized carbons (Fsp3) is 0.269. The number of Topliss-reactive ketones (excluding diaryl/α,β-unsaturated/α-hetero) is 1. The average molecular weight is 459 g/mol. The minimum Gasteiger partial charge on any atom is -0.384 e. The van der Waals surface area contributed by atoms with Gasteiger partial charge in [0.1, 0.15) is 17.3 Å². The second kappa shape index (κ2) is 7.79. The minimum absolute atomic E-state index is 0.0764. The van der Waals surface area contributed by atoms with E-state index in [9.17, 15) is 14.9 Å². The Morgan fingerprint density at radius 3 is 2.48 bits per heavy atom. The number of allylic oxidation sites excluding steroid dienone is 1. The Morgan fingerprint density at radius 2 is 1.79 bits per heavy atom. The van der Waals surface area contributed by atoms with E-state index in [-0.39, 0.29) is 23.1 Å². The molecule has 6 nitrogen and oxygen atoms in total. The molecule has 2 aromatic rings. The fourth-order valence-electron chi connectivity index (χ4n) is 5.48. The summed E-state index contributed by atoms with van der Waals surface area (Å²) in [4.78, 5) is 31.2. The normalized spacial score (nSPS) is 22.1. The van der Waals surface area contributed by atoms with E-state index >= 15 is 0 Å². The van der Waals surface area contributed by atoms with E-state index in [1.54, 1.807) is 21.9 Å². The molecule has 5 rings (SSSR count). The van der Waals surface area contributed by atoms with Crippen LogP contribution in [0.2, 0.25) is 5.02 Å². The second-order valence-electron chi connectivity index (χ2n) is 8.48. The van der Waals surface area contributed by atoms with Gasteiger partial charge in [0.05, 0.1) is 16.3 Å². The number of para-hydroxylation sites is 2. The first kappa shape index (κ1) is 21.3. The predicted molar refractivity (Wildman–Crippen MR) is 127 cm³/mol. The van der Waals surface area contributed by atoms with Crippen molar-refractivity contribution < 1.29 is 9.59 Å². The first-order valence-electron chi connectivity index (χ1n) is 11.1. The first-order valence-corrected chi connectivity index (χ1v) is 11.5. The Kier molecular flexibility index (Phi) is 5.02.